The normalized spacial score (nSPS) is 10.7. The van der Waals surface area contributed by atoms with E-state index in [1.54, 1.807) is 29.3 Å². The number of nitrogens with zero attached hydrogens (tertiary/aromatic N) is 3. The van der Waals surface area contributed by atoms with Gasteiger partial charge in [-0.2, -0.15) is 5.10 Å². The largest absolute Gasteiger partial charge is 0.464 e. The number of rotatable bonds is 3. The topological polar surface area (TPSA) is 66.1 Å². The number of ether oxygens (including phenoxy) is 1. The van der Waals surface area contributed by atoms with Gasteiger partial charge in [-0.1, -0.05) is 0 Å². The highest BCUT2D eigenvalue weighted by Crippen LogP contribution is 2.22. The Balaban J connectivity index is 2.69. The predicted octanol–water partition coefficient (Wildman–Crippen LogP) is 1.67. The molecular weight excluding hydrogens is 270 g/mol. The Morgan fingerprint density at radius 1 is 1.29 bits per heavy atom. The van der Waals surface area contributed by atoms with E-state index in [0.29, 0.717) is 29.2 Å². The van der Waals surface area contributed by atoms with E-state index < -0.39 is 5.97 Å². The highest BCUT2D eigenvalue weighted by atomic mass is 16.5. The van der Waals surface area contributed by atoms with Crippen LogP contribution in [0.3, 0.4) is 0 Å². The number of esters is 1. The van der Waals surface area contributed by atoms with Gasteiger partial charge < -0.3 is 9.30 Å². The zero-order chi connectivity index (χ0) is 15.7. The van der Waals surface area contributed by atoms with Crippen LogP contribution in [0.5, 0.6) is 0 Å². The Kier molecular flexibility index (Phi) is 3.97. The van der Waals surface area contributed by atoms with Crippen molar-refractivity contribution in [3.05, 3.63) is 39.3 Å². The molecule has 0 aliphatic rings. The third-order valence-electron chi connectivity index (χ3n) is 3.50. The van der Waals surface area contributed by atoms with Crippen molar-refractivity contribution in [1.29, 1.82) is 0 Å². The number of carbonyl (C=O) groups excluding carboxylic acids is 1. The molecule has 0 spiro atoms. The Hall–Kier alpha value is -2.37. The lowest BCUT2D eigenvalue weighted by Crippen LogP contribution is -2.21. The third kappa shape index (κ3) is 2.49. The standard InChI is InChI=1S/C15H19N3O3/c1-6-18-12(15(20)21-5)8-11(16-18)13-9(2)7-10(3)14(19)17(13)4/h7-8H,6H2,1-5H3. The van der Waals surface area contributed by atoms with Crippen LogP contribution < -0.4 is 5.56 Å². The second kappa shape index (κ2) is 5.55. The summed E-state index contributed by atoms with van der Waals surface area (Å²) in [4.78, 5) is 23.9. The fraction of sp³-hybridized carbons (Fsp3) is 0.400. The van der Waals surface area contributed by atoms with Crippen molar-refractivity contribution >= 4 is 5.97 Å². The first-order chi connectivity index (χ1) is 9.90. The van der Waals surface area contributed by atoms with Crippen molar-refractivity contribution in [2.45, 2.75) is 27.3 Å². The monoisotopic (exact) mass is 289 g/mol. The molecule has 0 saturated heterocycles. The highest BCUT2D eigenvalue weighted by Gasteiger charge is 2.19. The second-order valence-corrected chi connectivity index (χ2v) is 4.95. The van der Waals surface area contributed by atoms with Gasteiger partial charge in [0.15, 0.2) is 0 Å². The minimum atomic E-state index is -0.439. The molecule has 0 unspecified atom stereocenters. The summed E-state index contributed by atoms with van der Waals surface area (Å²) in [6.07, 6.45) is 0. The lowest BCUT2D eigenvalue weighted by Gasteiger charge is -2.10. The van der Waals surface area contributed by atoms with Crippen molar-refractivity contribution in [1.82, 2.24) is 14.3 Å². The number of pyridine rings is 1. The van der Waals surface area contributed by atoms with Crippen LogP contribution in [0.4, 0.5) is 0 Å². The van der Waals surface area contributed by atoms with E-state index in [1.807, 2.05) is 19.9 Å². The van der Waals surface area contributed by atoms with E-state index in [-0.39, 0.29) is 5.56 Å². The lowest BCUT2D eigenvalue weighted by molar-refractivity contribution is 0.0587. The fourth-order valence-electron chi connectivity index (χ4n) is 2.50. The van der Waals surface area contributed by atoms with E-state index in [0.717, 1.165) is 5.56 Å². The van der Waals surface area contributed by atoms with E-state index in [1.165, 1.54) is 7.11 Å². The summed E-state index contributed by atoms with van der Waals surface area (Å²) < 4.78 is 7.90. The molecule has 2 aromatic rings. The molecule has 0 amide bonds. The summed E-state index contributed by atoms with van der Waals surface area (Å²) >= 11 is 0. The van der Waals surface area contributed by atoms with Gasteiger partial charge in [-0.25, -0.2) is 4.79 Å². The van der Waals surface area contributed by atoms with E-state index in [4.69, 9.17) is 4.74 Å². The van der Waals surface area contributed by atoms with E-state index in [2.05, 4.69) is 5.10 Å². The number of methoxy groups -OCH3 is 1. The van der Waals surface area contributed by atoms with Gasteiger partial charge in [-0.05, 0) is 32.4 Å². The first kappa shape index (κ1) is 15.0. The maximum absolute atomic E-state index is 12.1. The van der Waals surface area contributed by atoms with Gasteiger partial charge in [0.25, 0.3) is 5.56 Å². The quantitative estimate of drug-likeness (QED) is 0.806. The van der Waals surface area contributed by atoms with Crippen LogP contribution in [0.25, 0.3) is 11.4 Å². The minimum absolute atomic E-state index is 0.0683. The first-order valence-corrected chi connectivity index (χ1v) is 6.74. The van der Waals surface area contributed by atoms with E-state index >= 15 is 0 Å². The van der Waals surface area contributed by atoms with Gasteiger partial charge in [0.2, 0.25) is 0 Å². The zero-order valence-electron chi connectivity index (χ0n) is 12.9. The van der Waals surface area contributed by atoms with Gasteiger partial charge in [-0.15, -0.1) is 0 Å². The van der Waals surface area contributed by atoms with Crippen molar-refractivity contribution in [2.24, 2.45) is 7.05 Å². The fourth-order valence-corrected chi connectivity index (χ4v) is 2.50. The zero-order valence-corrected chi connectivity index (χ0v) is 12.9. The van der Waals surface area contributed by atoms with Crippen molar-refractivity contribution in [3.8, 4) is 11.4 Å². The lowest BCUT2D eigenvalue weighted by atomic mass is 10.1. The van der Waals surface area contributed by atoms with Crippen molar-refractivity contribution < 1.29 is 9.53 Å². The molecule has 6 nitrogen and oxygen atoms in total. The molecule has 2 aromatic heterocycles. The molecule has 0 saturated carbocycles. The maximum Gasteiger partial charge on any atom is 0.356 e. The summed E-state index contributed by atoms with van der Waals surface area (Å²) in [5.74, 6) is -0.439. The highest BCUT2D eigenvalue weighted by molar-refractivity contribution is 5.88. The van der Waals surface area contributed by atoms with Gasteiger partial charge in [0, 0.05) is 25.2 Å². The van der Waals surface area contributed by atoms with Crippen LogP contribution in [-0.2, 0) is 18.3 Å². The van der Waals surface area contributed by atoms with Crippen LogP contribution in [0, 0.1) is 13.8 Å². The van der Waals surface area contributed by atoms with Crippen LogP contribution in [0.15, 0.2) is 16.9 Å². The molecule has 112 valence electrons. The SMILES string of the molecule is CCn1nc(-c2c(C)cc(C)c(=O)n2C)cc1C(=O)OC. The predicted molar refractivity (Wildman–Crippen MR) is 79.4 cm³/mol. The molecule has 0 atom stereocenters. The first-order valence-electron chi connectivity index (χ1n) is 6.74. The summed E-state index contributed by atoms with van der Waals surface area (Å²) in [5.41, 5.74) is 3.23. The van der Waals surface area contributed by atoms with Gasteiger partial charge in [0.1, 0.15) is 11.4 Å². The molecule has 2 heterocycles. The number of hydrogen-bond acceptors (Lipinski definition) is 4. The van der Waals surface area contributed by atoms with Crippen LogP contribution in [0.1, 0.15) is 28.5 Å². The molecule has 0 aromatic carbocycles. The minimum Gasteiger partial charge on any atom is -0.464 e. The van der Waals surface area contributed by atoms with Gasteiger partial charge in [0.05, 0.1) is 12.8 Å². The third-order valence-corrected chi connectivity index (χ3v) is 3.50. The summed E-state index contributed by atoms with van der Waals surface area (Å²) in [6.45, 7) is 6.14. The molecule has 0 aliphatic heterocycles. The van der Waals surface area contributed by atoms with Crippen LogP contribution in [0.2, 0.25) is 0 Å². The molecule has 2 rings (SSSR count). The smallest absolute Gasteiger partial charge is 0.356 e. The van der Waals surface area contributed by atoms with E-state index in [9.17, 15) is 9.59 Å². The molecule has 21 heavy (non-hydrogen) atoms. The molecular formula is C15H19N3O3. The molecule has 0 fully saturated rings. The number of carbonyl (C=O) groups is 1. The summed E-state index contributed by atoms with van der Waals surface area (Å²) in [5, 5.41) is 4.42. The maximum atomic E-state index is 12.1. The molecule has 0 aliphatic carbocycles. The average molecular weight is 289 g/mol. The molecule has 0 radical (unpaired) electrons. The second-order valence-electron chi connectivity index (χ2n) is 4.95. The Labute approximate surface area is 123 Å². The average Bonchev–Trinajstić information content (AvgIpc) is 2.88. The molecule has 6 heteroatoms. The Morgan fingerprint density at radius 3 is 2.52 bits per heavy atom. The number of aryl methyl sites for hydroxylation is 3. The number of aromatic nitrogens is 3. The molecule has 0 N–H and O–H groups in total. The van der Waals surface area contributed by atoms with Gasteiger partial charge in [-0.3, -0.25) is 9.48 Å². The summed E-state index contributed by atoms with van der Waals surface area (Å²) in [6, 6.07) is 3.49. The summed E-state index contributed by atoms with van der Waals surface area (Å²) in [7, 11) is 3.04. The Morgan fingerprint density at radius 2 is 1.95 bits per heavy atom. The van der Waals surface area contributed by atoms with Crippen LogP contribution in [-0.4, -0.2) is 27.4 Å². The van der Waals surface area contributed by atoms with Crippen molar-refractivity contribution in [3.63, 3.8) is 0 Å². The van der Waals surface area contributed by atoms with Crippen LogP contribution >= 0.6 is 0 Å². The van der Waals surface area contributed by atoms with Crippen molar-refractivity contribution in [2.75, 3.05) is 7.11 Å². The van der Waals surface area contributed by atoms with Gasteiger partial charge >= 0.3 is 5.97 Å². The Bertz CT molecular complexity index is 756. The molecule has 0 bridgehead atoms. The number of hydrogen-bond donors (Lipinski definition) is 0.